The molecule has 6 aliphatic rings. The van der Waals surface area contributed by atoms with Gasteiger partial charge < -0.3 is 19.9 Å². The summed E-state index contributed by atoms with van der Waals surface area (Å²) in [6.45, 7) is 7.96. The van der Waals surface area contributed by atoms with E-state index in [-0.39, 0.29) is 46.8 Å². The highest BCUT2D eigenvalue weighted by atomic mass is 16.6. The van der Waals surface area contributed by atoms with Gasteiger partial charge in [-0.3, -0.25) is 9.69 Å². The van der Waals surface area contributed by atoms with E-state index in [1.807, 2.05) is 0 Å². The van der Waals surface area contributed by atoms with Crippen molar-refractivity contribution in [2.75, 3.05) is 30.4 Å². The van der Waals surface area contributed by atoms with Gasteiger partial charge in [0.15, 0.2) is 0 Å². The zero-order valence-electron chi connectivity index (χ0n) is 20.3. The van der Waals surface area contributed by atoms with Gasteiger partial charge in [-0.1, -0.05) is 30.3 Å². The number of anilines is 2. The molecule has 2 bridgehead atoms. The number of carbonyl (C=O) groups excluding carboxylic acids is 1. The van der Waals surface area contributed by atoms with Crippen LogP contribution in [-0.4, -0.2) is 59.9 Å². The van der Waals surface area contributed by atoms with Crippen molar-refractivity contribution >= 4 is 17.3 Å². The van der Waals surface area contributed by atoms with E-state index in [0.717, 1.165) is 25.9 Å². The Morgan fingerprint density at radius 1 is 1.06 bits per heavy atom. The molecule has 6 heterocycles. The Labute approximate surface area is 200 Å². The fourth-order valence-electron chi connectivity index (χ4n) is 9.05. The molecule has 0 saturated carbocycles. The molecule has 6 aliphatic heterocycles. The standard InChI is InChI=1S/C28H32N4O2/c1-16(33)31-14-12-27-18-9-5-6-10-19(18)29-24-28(27)13-15-32(25(27)31)22(23-26(2,3)34-23)17-8-7-11-20(21(17)28)30(24)4/h5-11,22-25,29H,12-15H2,1-4H3/t22-,23?,24+,25+,27-,28-/m1/s1. The molecule has 3 saturated heterocycles. The van der Waals surface area contributed by atoms with Crippen molar-refractivity contribution in [2.24, 2.45) is 0 Å². The van der Waals surface area contributed by atoms with Gasteiger partial charge in [-0.05, 0) is 55.5 Å². The molecule has 8 rings (SSSR count). The van der Waals surface area contributed by atoms with Gasteiger partial charge in [0.05, 0.1) is 23.2 Å². The van der Waals surface area contributed by atoms with Crippen LogP contribution >= 0.6 is 0 Å². The summed E-state index contributed by atoms with van der Waals surface area (Å²) in [6.07, 6.45) is 2.40. The number of fused-ring (bicyclic) bond motifs is 1. The normalized spacial score (nSPS) is 41.4. The maximum absolute atomic E-state index is 13.2. The number of epoxide rings is 1. The van der Waals surface area contributed by atoms with E-state index in [0.29, 0.717) is 0 Å². The smallest absolute Gasteiger partial charge is 0.220 e. The molecular weight excluding hydrogens is 424 g/mol. The first-order chi connectivity index (χ1) is 16.3. The average Bonchev–Trinajstić information content (AvgIpc) is 3.21. The van der Waals surface area contributed by atoms with E-state index in [4.69, 9.17) is 4.74 Å². The molecule has 1 N–H and O–H groups in total. The number of nitrogens with one attached hydrogen (secondary N) is 1. The number of nitrogens with zero attached hydrogens (tertiary/aromatic N) is 3. The highest BCUT2D eigenvalue weighted by Crippen LogP contribution is 2.72. The maximum Gasteiger partial charge on any atom is 0.220 e. The summed E-state index contributed by atoms with van der Waals surface area (Å²) in [6, 6.07) is 15.9. The molecule has 2 spiro atoms. The number of likely N-dealkylation sites (N-methyl/N-ethyl adjacent to an activating group) is 1. The molecule has 34 heavy (non-hydrogen) atoms. The van der Waals surface area contributed by atoms with Crippen LogP contribution in [0.2, 0.25) is 0 Å². The highest BCUT2D eigenvalue weighted by Gasteiger charge is 2.77. The summed E-state index contributed by atoms with van der Waals surface area (Å²) in [5, 5.41) is 3.99. The quantitative estimate of drug-likeness (QED) is 0.665. The summed E-state index contributed by atoms with van der Waals surface area (Å²) in [7, 11) is 2.25. The molecule has 3 fully saturated rings. The van der Waals surface area contributed by atoms with Crippen molar-refractivity contribution in [2.45, 2.75) is 74.5 Å². The summed E-state index contributed by atoms with van der Waals surface area (Å²) >= 11 is 0. The van der Waals surface area contributed by atoms with Gasteiger partial charge in [-0.2, -0.15) is 0 Å². The summed E-state index contributed by atoms with van der Waals surface area (Å²) < 4.78 is 6.38. The second kappa shape index (κ2) is 5.80. The number of likely N-dealkylation sites (tertiary alicyclic amines) is 1. The Morgan fingerprint density at radius 2 is 1.82 bits per heavy atom. The molecule has 0 aromatic heterocycles. The van der Waals surface area contributed by atoms with Crippen LogP contribution in [0.3, 0.4) is 0 Å². The minimum Gasteiger partial charge on any atom is -0.365 e. The number of amides is 1. The third-order valence-corrected chi connectivity index (χ3v) is 10.2. The monoisotopic (exact) mass is 456 g/mol. The van der Waals surface area contributed by atoms with Crippen LogP contribution in [0, 0.1) is 0 Å². The number of rotatable bonds is 1. The van der Waals surface area contributed by atoms with Gasteiger partial charge in [0, 0.05) is 43.9 Å². The van der Waals surface area contributed by atoms with Gasteiger partial charge in [-0.15, -0.1) is 0 Å². The topological polar surface area (TPSA) is 51.4 Å². The molecule has 176 valence electrons. The molecule has 6 nitrogen and oxygen atoms in total. The molecule has 0 radical (unpaired) electrons. The Morgan fingerprint density at radius 3 is 2.59 bits per heavy atom. The minimum absolute atomic E-state index is 0.0289. The van der Waals surface area contributed by atoms with Gasteiger partial charge in [0.1, 0.15) is 12.3 Å². The summed E-state index contributed by atoms with van der Waals surface area (Å²) in [5.74, 6) is 0.184. The van der Waals surface area contributed by atoms with Gasteiger partial charge in [0.25, 0.3) is 0 Å². The number of hydrogen-bond acceptors (Lipinski definition) is 5. The van der Waals surface area contributed by atoms with E-state index in [2.05, 4.69) is 83.4 Å². The minimum atomic E-state index is -0.160. The molecule has 1 amide bonds. The maximum atomic E-state index is 13.2. The Kier molecular flexibility index (Phi) is 3.36. The van der Waals surface area contributed by atoms with Gasteiger partial charge in [-0.25, -0.2) is 0 Å². The first kappa shape index (κ1) is 19.7. The van der Waals surface area contributed by atoms with Crippen molar-refractivity contribution < 1.29 is 9.53 Å². The first-order valence-electron chi connectivity index (χ1n) is 12.8. The van der Waals surface area contributed by atoms with E-state index < -0.39 is 0 Å². The van der Waals surface area contributed by atoms with Crippen LogP contribution in [0.5, 0.6) is 0 Å². The fraction of sp³-hybridized carbons (Fsp3) is 0.536. The van der Waals surface area contributed by atoms with Crippen molar-refractivity contribution in [3.63, 3.8) is 0 Å². The predicted molar refractivity (Wildman–Crippen MR) is 131 cm³/mol. The van der Waals surface area contributed by atoms with E-state index in [1.165, 1.54) is 28.1 Å². The third-order valence-electron chi connectivity index (χ3n) is 10.2. The van der Waals surface area contributed by atoms with Crippen LogP contribution < -0.4 is 10.2 Å². The molecule has 2 aromatic carbocycles. The lowest BCUT2D eigenvalue weighted by molar-refractivity contribution is -0.140. The number of piperidine rings is 1. The van der Waals surface area contributed by atoms with Crippen LogP contribution in [-0.2, 0) is 20.4 Å². The van der Waals surface area contributed by atoms with Crippen LogP contribution in [0.25, 0.3) is 0 Å². The highest BCUT2D eigenvalue weighted by molar-refractivity contribution is 5.80. The summed E-state index contributed by atoms with van der Waals surface area (Å²) in [5.41, 5.74) is 6.48. The summed E-state index contributed by atoms with van der Waals surface area (Å²) in [4.78, 5) is 20.5. The van der Waals surface area contributed by atoms with Crippen LogP contribution in [0.1, 0.15) is 56.3 Å². The first-order valence-corrected chi connectivity index (χ1v) is 12.8. The fourth-order valence-corrected chi connectivity index (χ4v) is 9.05. The van der Waals surface area contributed by atoms with Crippen LogP contribution in [0.15, 0.2) is 42.5 Å². The SMILES string of the molecule is CC(=O)N1CC[C@]23c4ccccc4N[C@H]4N(C)c5cccc6c5[C@]42CCN([C@H]6C2OC2(C)C)[C@H]13. The van der Waals surface area contributed by atoms with Gasteiger partial charge in [0.2, 0.25) is 5.91 Å². The van der Waals surface area contributed by atoms with Crippen LogP contribution in [0.4, 0.5) is 11.4 Å². The zero-order valence-corrected chi connectivity index (χ0v) is 20.3. The lowest BCUT2D eigenvalue weighted by atomic mass is 9.50. The number of carbonyl (C=O) groups is 1. The lowest BCUT2D eigenvalue weighted by Crippen LogP contribution is -2.73. The van der Waals surface area contributed by atoms with E-state index in [1.54, 1.807) is 6.92 Å². The molecule has 0 aliphatic carbocycles. The van der Waals surface area contributed by atoms with Crippen molar-refractivity contribution in [3.8, 4) is 0 Å². The second-order valence-corrected chi connectivity index (χ2v) is 11.8. The molecular formula is C28H32N4O2. The number of para-hydroxylation sites is 1. The van der Waals surface area contributed by atoms with Crippen molar-refractivity contribution in [3.05, 3.63) is 59.2 Å². The molecule has 7 atom stereocenters. The Balaban J connectivity index is 1.51. The van der Waals surface area contributed by atoms with Crippen molar-refractivity contribution in [1.82, 2.24) is 9.80 Å². The molecule has 2 unspecified atom stereocenters. The number of ether oxygens (including phenoxy) is 1. The van der Waals surface area contributed by atoms with Gasteiger partial charge >= 0.3 is 0 Å². The number of benzene rings is 2. The second-order valence-electron chi connectivity index (χ2n) is 11.8. The van der Waals surface area contributed by atoms with E-state index >= 15 is 0 Å². The number of hydrogen-bond donors (Lipinski definition) is 1. The lowest BCUT2D eigenvalue weighted by Gasteiger charge is -2.62. The Hall–Kier alpha value is -2.57. The van der Waals surface area contributed by atoms with E-state index in [9.17, 15) is 4.79 Å². The van der Waals surface area contributed by atoms with Crippen molar-refractivity contribution in [1.29, 1.82) is 0 Å². The zero-order chi connectivity index (χ0) is 23.2. The third kappa shape index (κ3) is 1.88. The Bertz CT molecular complexity index is 1270. The largest absolute Gasteiger partial charge is 0.365 e. The predicted octanol–water partition coefficient (Wildman–Crippen LogP) is 3.58. The average molecular weight is 457 g/mol. The molecule has 6 heteroatoms. The molecule has 2 aromatic rings.